The van der Waals surface area contributed by atoms with E-state index in [4.69, 9.17) is 24.1 Å². The first-order valence-corrected chi connectivity index (χ1v) is 10.8. The van der Waals surface area contributed by atoms with Crippen LogP contribution in [0.4, 0.5) is 0 Å². The molecule has 0 saturated heterocycles. The highest BCUT2D eigenvalue weighted by molar-refractivity contribution is 5.90. The fourth-order valence-corrected chi connectivity index (χ4v) is 2.87. The van der Waals surface area contributed by atoms with Gasteiger partial charge in [-0.3, -0.25) is 0 Å². The van der Waals surface area contributed by atoms with Crippen molar-refractivity contribution in [3.63, 3.8) is 0 Å². The molecule has 0 aliphatic heterocycles. The zero-order valence-electron chi connectivity index (χ0n) is 20.7. The number of methoxy groups -OCH3 is 4. The lowest BCUT2D eigenvalue weighted by Crippen LogP contribution is -2.05. The molecule has 35 heavy (non-hydrogen) atoms. The Morgan fingerprint density at radius 3 is 1.69 bits per heavy atom. The van der Waals surface area contributed by atoms with Gasteiger partial charge in [0.1, 0.15) is 18.1 Å². The quantitative estimate of drug-likeness (QED) is 0.256. The largest absolute Gasteiger partial charge is 0.493 e. The Labute approximate surface area is 206 Å². The molecule has 0 aromatic heterocycles. The van der Waals surface area contributed by atoms with Crippen molar-refractivity contribution in [2.75, 3.05) is 48.3 Å². The van der Waals surface area contributed by atoms with Crippen molar-refractivity contribution in [3.05, 3.63) is 71.3 Å². The summed E-state index contributed by atoms with van der Waals surface area (Å²) < 4.78 is 30.2. The average molecular weight is 491 g/mol. The molecular formula is C26H34O9. The van der Waals surface area contributed by atoms with Crippen LogP contribution in [-0.4, -0.2) is 65.3 Å². The molecule has 0 unspecified atom stereocenters. The van der Waals surface area contributed by atoms with Gasteiger partial charge in [-0.15, -0.1) is 0 Å². The number of carbonyl (C=O) groups is 2. The van der Waals surface area contributed by atoms with Crippen LogP contribution in [0.15, 0.2) is 49.1 Å². The Morgan fingerprint density at radius 1 is 0.800 bits per heavy atom. The van der Waals surface area contributed by atoms with Gasteiger partial charge in [0.2, 0.25) is 0 Å². The Hall–Kier alpha value is -3.40. The summed E-state index contributed by atoms with van der Waals surface area (Å²) in [6.07, 6.45) is 2.18. The number of rotatable bonds is 13. The SMILES string of the molecule is C=CCOc1cc(COC)cc(C(=O)OC)c1.COCc1cc(OCCCO)cc(C(=O)OC)c1. The maximum atomic E-state index is 11.5. The third-order valence-corrected chi connectivity index (χ3v) is 4.34. The second-order valence-corrected chi connectivity index (χ2v) is 7.11. The molecule has 0 atom stereocenters. The van der Waals surface area contributed by atoms with Crippen LogP contribution < -0.4 is 9.47 Å². The third-order valence-electron chi connectivity index (χ3n) is 4.34. The van der Waals surface area contributed by atoms with Gasteiger partial charge >= 0.3 is 11.9 Å². The Kier molecular flexibility index (Phi) is 14.5. The molecule has 2 aromatic rings. The molecule has 0 amide bonds. The van der Waals surface area contributed by atoms with Crippen molar-refractivity contribution in [2.24, 2.45) is 0 Å². The number of benzene rings is 2. The summed E-state index contributed by atoms with van der Waals surface area (Å²) in [6.45, 7) is 5.22. The molecule has 2 aromatic carbocycles. The van der Waals surface area contributed by atoms with Crippen molar-refractivity contribution in [2.45, 2.75) is 19.6 Å². The number of hydrogen-bond donors (Lipinski definition) is 1. The lowest BCUT2D eigenvalue weighted by atomic mass is 10.1. The van der Waals surface area contributed by atoms with E-state index >= 15 is 0 Å². The summed E-state index contributed by atoms with van der Waals surface area (Å²) in [5.41, 5.74) is 2.56. The Balaban J connectivity index is 0.000000351. The smallest absolute Gasteiger partial charge is 0.337 e. The molecule has 2 rings (SSSR count). The number of hydrogen-bond acceptors (Lipinski definition) is 9. The predicted octanol–water partition coefficient (Wildman–Crippen LogP) is 3.57. The van der Waals surface area contributed by atoms with E-state index in [2.05, 4.69) is 16.1 Å². The molecule has 0 fully saturated rings. The molecule has 0 spiro atoms. The minimum absolute atomic E-state index is 0.0711. The van der Waals surface area contributed by atoms with Gasteiger partial charge in [-0.1, -0.05) is 12.7 Å². The number of carbonyl (C=O) groups excluding carboxylic acids is 2. The summed E-state index contributed by atoms with van der Waals surface area (Å²) >= 11 is 0. The summed E-state index contributed by atoms with van der Waals surface area (Å²) in [5.74, 6) is 0.351. The van der Waals surface area contributed by atoms with Gasteiger partial charge in [0, 0.05) is 27.2 Å². The van der Waals surface area contributed by atoms with Crippen molar-refractivity contribution in [3.8, 4) is 11.5 Å². The molecule has 0 heterocycles. The van der Waals surface area contributed by atoms with Gasteiger partial charge in [-0.05, 0) is 47.5 Å². The van der Waals surface area contributed by atoms with E-state index in [-0.39, 0.29) is 6.61 Å². The van der Waals surface area contributed by atoms with Crippen molar-refractivity contribution < 1.29 is 43.1 Å². The number of aliphatic hydroxyl groups is 1. The first-order chi connectivity index (χ1) is 16.9. The fraction of sp³-hybridized carbons (Fsp3) is 0.385. The average Bonchev–Trinajstić information content (AvgIpc) is 2.87. The van der Waals surface area contributed by atoms with Gasteiger partial charge in [-0.2, -0.15) is 0 Å². The highest BCUT2D eigenvalue weighted by Gasteiger charge is 2.10. The summed E-state index contributed by atoms with van der Waals surface area (Å²) in [6, 6.07) is 10.3. The van der Waals surface area contributed by atoms with Crippen LogP contribution in [0, 0.1) is 0 Å². The van der Waals surface area contributed by atoms with Crippen LogP contribution >= 0.6 is 0 Å². The molecule has 9 nitrogen and oxygen atoms in total. The number of aliphatic hydroxyl groups excluding tert-OH is 1. The summed E-state index contributed by atoms with van der Waals surface area (Å²) in [7, 11) is 5.85. The van der Waals surface area contributed by atoms with E-state index in [0.29, 0.717) is 55.5 Å². The normalized spacial score (nSPS) is 9.97. The van der Waals surface area contributed by atoms with Crippen LogP contribution in [0.2, 0.25) is 0 Å². The molecule has 0 bridgehead atoms. The second-order valence-electron chi connectivity index (χ2n) is 7.11. The van der Waals surface area contributed by atoms with E-state index in [1.165, 1.54) is 14.2 Å². The minimum Gasteiger partial charge on any atom is -0.493 e. The minimum atomic E-state index is -0.417. The summed E-state index contributed by atoms with van der Waals surface area (Å²) in [4.78, 5) is 23.0. The molecule has 0 aliphatic rings. The second kappa shape index (κ2) is 17.1. The summed E-state index contributed by atoms with van der Waals surface area (Å²) in [5, 5.41) is 8.69. The van der Waals surface area contributed by atoms with Gasteiger partial charge in [0.25, 0.3) is 0 Å². The molecule has 0 radical (unpaired) electrons. The third kappa shape index (κ3) is 11.0. The lowest BCUT2D eigenvalue weighted by Gasteiger charge is -2.09. The predicted molar refractivity (Wildman–Crippen MR) is 130 cm³/mol. The number of ether oxygens (including phenoxy) is 6. The Bertz CT molecular complexity index is 940. The van der Waals surface area contributed by atoms with Gasteiger partial charge in [-0.25, -0.2) is 9.59 Å². The number of esters is 2. The fourth-order valence-electron chi connectivity index (χ4n) is 2.87. The van der Waals surface area contributed by atoms with Gasteiger partial charge in [0.05, 0.1) is 45.2 Å². The molecule has 192 valence electrons. The zero-order chi connectivity index (χ0) is 26.1. The molecular weight excluding hydrogens is 456 g/mol. The van der Waals surface area contributed by atoms with E-state index < -0.39 is 11.9 Å². The molecule has 1 N–H and O–H groups in total. The van der Waals surface area contributed by atoms with Crippen LogP contribution in [-0.2, 0) is 32.2 Å². The monoisotopic (exact) mass is 490 g/mol. The first kappa shape index (κ1) is 29.6. The lowest BCUT2D eigenvalue weighted by molar-refractivity contribution is 0.0591. The highest BCUT2D eigenvalue weighted by Crippen LogP contribution is 2.20. The van der Waals surface area contributed by atoms with E-state index in [1.54, 1.807) is 50.6 Å². The molecule has 0 aliphatic carbocycles. The first-order valence-electron chi connectivity index (χ1n) is 10.8. The van der Waals surface area contributed by atoms with Crippen LogP contribution in [0.5, 0.6) is 11.5 Å². The Morgan fingerprint density at radius 2 is 1.29 bits per heavy atom. The standard InChI is InChI=1S/C13H18O5.C13H16O4/c1-16-9-10-6-11(13(15)17-2)8-12(7-10)18-5-3-4-14;1-4-5-17-12-7-10(9-15-2)6-11(8-12)13(14)16-3/h6-8,14H,3-5,9H2,1-2H3;4,6-8H,1,5,9H2,2-3H3. The van der Waals surface area contributed by atoms with E-state index in [0.717, 1.165) is 11.1 Å². The molecule has 9 heteroatoms. The highest BCUT2D eigenvalue weighted by atomic mass is 16.5. The maximum absolute atomic E-state index is 11.5. The van der Waals surface area contributed by atoms with Crippen molar-refractivity contribution in [1.29, 1.82) is 0 Å². The van der Waals surface area contributed by atoms with Crippen molar-refractivity contribution >= 4 is 11.9 Å². The molecule has 0 saturated carbocycles. The van der Waals surface area contributed by atoms with Crippen LogP contribution in [0.25, 0.3) is 0 Å². The van der Waals surface area contributed by atoms with Crippen LogP contribution in [0.3, 0.4) is 0 Å². The van der Waals surface area contributed by atoms with Crippen LogP contribution in [0.1, 0.15) is 38.3 Å². The van der Waals surface area contributed by atoms with Crippen molar-refractivity contribution in [1.82, 2.24) is 0 Å². The van der Waals surface area contributed by atoms with Gasteiger partial charge < -0.3 is 33.5 Å². The topological polar surface area (TPSA) is 110 Å². The maximum Gasteiger partial charge on any atom is 0.337 e. The van der Waals surface area contributed by atoms with E-state index in [1.807, 2.05) is 6.07 Å². The van der Waals surface area contributed by atoms with E-state index in [9.17, 15) is 9.59 Å². The zero-order valence-corrected chi connectivity index (χ0v) is 20.7. The van der Waals surface area contributed by atoms with Gasteiger partial charge in [0.15, 0.2) is 0 Å².